The van der Waals surface area contributed by atoms with Gasteiger partial charge in [0.05, 0.1) is 0 Å². The summed E-state index contributed by atoms with van der Waals surface area (Å²) < 4.78 is 0. The molecule has 1 saturated heterocycles. The third kappa shape index (κ3) is 4.28. The molecule has 0 aromatic heterocycles. The van der Waals surface area contributed by atoms with Gasteiger partial charge in [-0.15, -0.1) is 0 Å². The molecule has 1 aliphatic heterocycles. The molecule has 1 fully saturated rings. The molecule has 1 heterocycles. The highest BCUT2D eigenvalue weighted by molar-refractivity contribution is 6.06. The number of carbonyl (C=O) groups excluding carboxylic acids is 1. The molecule has 6 heteroatoms. The highest BCUT2D eigenvalue weighted by Crippen LogP contribution is 2.27. The molecule has 142 valence electrons. The van der Waals surface area contributed by atoms with Gasteiger partial charge in [-0.1, -0.05) is 24.3 Å². The maximum atomic E-state index is 12.8. The molecule has 2 aromatic carbocycles. The Morgan fingerprint density at radius 3 is 1.93 bits per heavy atom. The quantitative estimate of drug-likeness (QED) is 0.820. The van der Waals surface area contributed by atoms with Gasteiger partial charge in [-0.25, -0.2) is 4.79 Å². The summed E-state index contributed by atoms with van der Waals surface area (Å²) in [6.07, 6.45) is 0.588. The number of carboxylic acid groups (broad SMARTS) is 1. The molecule has 0 spiro atoms. The van der Waals surface area contributed by atoms with Crippen LogP contribution in [0.25, 0.3) is 0 Å². The standard InChI is InChI=1S/C21H25N3O3/c1-21(2,22)16-6-10-18(11-7-16)24-14-13-23(20(24)27)17-8-3-15(4-9-17)5-12-19(25)26/h3-4,6-11H,5,12-14,22H2,1-2H3,(H,25,26). The number of amides is 2. The minimum atomic E-state index is -0.812. The second kappa shape index (κ2) is 7.40. The van der Waals surface area contributed by atoms with Crippen molar-refractivity contribution < 1.29 is 14.7 Å². The molecule has 2 amide bonds. The minimum Gasteiger partial charge on any atom is -0.481 e. The lowest BCUT2D eigenvalue weighted by Gasteiger charge is -2.22. The summed E-state index contributed by atoms with van der Waals surface area (Å²) in [5, 5.41) is 8.77. The van der Waals surface area contributed by atoms with E-state index < -0.39 is 11.5 Å². The first-order valence-electron chi connectivity index (χ1n) is 9.05. The van der Waals surface area contributed by atoms with Gasteiger partial charge in [0.25, 0.3) is 0 Å². The molecule has 0 radical (unpaired) electrons. The number of hydrogen-bond donors (Lipinski definition) is 2. The van der Waals surface area contributed by atoms with Crippen LogP contribution in [-0.4, -0.2) is 30.2 Å². The number of hydrogen-bond acceptors (Lipinski definition) is 3. The highest BCUT2D eigenvalue weighted by Gasteiger charge is 2.30. The number of urea groups is 1. The zero-order valence-corrected chi connectivity index (χ0v) is 15.7. The SMILES string of the molecule is CC(C)(N)c1ccc(N2CCN(c3ccc(CCC(=O)O)cc3)C2=O)cc1. The number of nitrogens with zero attached hydrogens (tertiary/aromatic N) is 2. The Morgan fingerprint density at radius 2 is 1.48 bits per heavy atom. The lowest BCUT2D eigenvalue weighted by atomic mass is 9.95. The van der Waals surface area contributed by atoms with E-state index in [0.717, 1.165) is 22.5 Å². The smallest absolute Gasteiger partial charge is 0.329 e. The molecule has 27 heavy (non-hydrogen) atoms. The van der Waals surface area contributed by atoms with E-state index >= 15 is 0 Å². The average molecular weight is 367 g/mol. The Kier molecular flexibility index (Phi) is 5.19. The van der Waals surface area contributed by atoms with Gasteiger partial charge in [0.15, 0.2) is 0 Å². The van der Waals surface area contributed by atoms with E-state index in [0.29, 0.717) is 19.5 Å². The maximum Gasteiger partial charge on any atom is 0.329 e. The Bertz CT molecular complexity index is 823. The van der Waals surface area contributed by atoms with E-state index in [9.17, 15) is 9.59 Å². The van der Waals surface area contributed by atoms with Crippen molar-refractivity contribution in [3.63, 3.8) is 0 Å². The van der Waals surface area contributed by atoms with E-state index in [2.05, 4.69) is 0 Å². The van der Waals surface area contributed by atoms with E-state index in [1.54, 1.807) is 9.80 Å². The van der Waals surface area contributed by atoms with Crippen LogP contribution in [-0.2, 0) is 16.8 Å². The van der Waals surface area contributed by atoms with Gasteiger partial charge < -0.3 is 10.8 Å². The van der Waals surface area contributed by atoms with Crippen molar-refractivity contribution in [3.05, 3.63) is 59.7 Å². The van der Waals surface area contributed by atoms with Gasteiger partial charge >= 0.3 is 12.0 Å². The molecule has 0 aliphatic carbocycles. The van der Waals surface area contributed by atoms with Crippen LogP contribution in [0.5, 0.6) is 0 Å². The highest BCUT2D eigenvalue weighted by atomic mass is 16.4. The van der Waals surface area contributed by atoms with Crippen LogP contribution in [0.1, 0.15) is 31.4 Å². The number of carboxylic acids is 1. The Labute approximate surface area is 159 Å². The normalized spacial score (nSPS) is 14.7. The van der Waals surface area contributed by atoms with Gasteiger partial charge in [0.1, 0.15) is 0 Å². The summed E-state index contributed by atoms with van der Waals surface area (Å²) in [6, 6.07) is 15.2. The fourth-order valence-corrected chi connectivity index (χ4v) is 3.18. The lowest BCUT2D eigenvalue weighted by molar-refractivity contribution is -0.136. The minimum absolute atomic E-state index is 0.0620. The van der Waals surface area contributed by atoms with E-state index in [1.165, 1.54) is 0 Å². The molecule has 0 saturated carbocycles. The van der Waals surface area contributed by atoms with Crippen molar-refractivity contribution in [2.75, 3.05) is 22.9 Å². The second-order valence-electron chi connectivity index (χ2n) is 7.41. The molecular formula is C21H25N3O3. The van der Waals surface area contributed by atoms with Crippen molar-refractivity contribution in [2.24, 2.45) is 5.73 Å². The fourth-order valence-electron chi connectivity index (χ4n) is 3.18. The Morgan fingerprint density at radius 1 is 1.00 bits per heavy atom. The molecule has 6 nitrogen and oxygen atoms in total. The summed E-state index contributed by atoms with van der Waals surface area (Å²) in [4.78, 5) is 27.0. The van der Waals surface area contributed by atoms with Crippen LogP contribution in [0.4, 0.5) is 16.2 Å². The van der Waals surface area contributed by atoms with E-state index in [1.807, 2.05) is 62.4 Å². The predicted octanol–water partition coefficient (Wildman–Crippen LogP) is 3.34. The van der Waals surface area contributed by atoms with Crippen molar-refractivity contribution in [2.45, 2.75) is 32.2 Å². The number of nitrogens with two attached hydrogens (primary N) is 1. The third-order valence-electron chi connectivity index (χ3n) is 4.81. The van der Waals surface area contributed by atoms with Crippen molar-refractivity contribution >= 4 is 23.4 Å². The summed E-state index contributed by atoms with van der Waals surface area (Å²) >= 11 is 0. The zero-order valence-electron chi connectivity index (χ0n) is 15.7. The second-order valence-corrected chi connectivity index (χ2v) is 7.41. The van der Waals surface area contributed by atoms with E-state index in [4.69, 9.17) is 10.8 Å². The molecule has 3 rings (SSSR count). The summed E-state index contributed by atoms with van der Waals surface area (Å²) in [6.45, 7) is 5.12. The van der Waals surface area contributed by atoms with Crippen molar-refractivity contribution in [1.29, 1.82) is 0 Å². The average Bonchev–Trinajstić information content (AvgIpc) is 3.01. The molecule has 3 N–H and O–H groups in total. The van der Waals surface area contributed by atoms with Gasteiger partial charge in [-0.2, -0.15) is 0 Å². The van der Waals surface area contributed by atoms with Crippen LogP contribution in [0, 0.1) is 0 Å². The zero-order chi connectivity index (χ0) is 19.6. The third-order valence-corrected chi connectivity index (χ3v) is 4.81. The number of aliphatic carboxylic acids is 1. The maximum absolute atomic E-state index is 12.8. The lowest BCUT2D eigenvalue weighted by Crippen LogP contribution is -2.32. The first-order chi connectivity index (χ1) is 12.8. The van der Waals surface area contributed by atoms with Crippen LogP contribution < -0.4 is 15.5 Å². The Hall–Kier alpha value is -2.86. The molecular weight excluding hydrogens is 342 g/mol. The predicted molar refractivity (Wildman–Crippen MR) is 106 cm³/mol. The number of carbonyl (C=O) groups is 2. The van der Waals surface area contributed by atoms with Crippen LogP contribution >= 0.6 is 0 Å². The van der Waals surface area contributed by atoms with Gasteiger partial charge in [-0.05, 0) is 55.7 Å². The molecule has 0 atom stereocenters. The molecule has 2 aromatic rings. The number of anilines is 2. The van der Waals surface area contributed by atoms with Crippen molar-refractivity contribution in [1.82, 2.24) is 0 Å². The van der Waals surface area contributed by atoms with Gasteiger partial charge in [0.2, 0.25) is 0 Å². The van der Waals surface area contributed by atoms with Crippen LogP contribution in [0.15, 0.2) is 48.5 Å². The number of aryl methyl sites for hydroxylation is 1. The monoisotopic (exact) mass is 367 g/mol. The van der Waals surface area contributed by atoms with Gasteiger partial charge in [0, 0.05) is 36.4 Å². The summed E-state index contributed by atoms with van der Waals surface area (Å²) in [5.74, 6) is -0.812. The fraction of sp³-hybridized carbons (Fsp3) is 0.333. The van der Waals surface area contributed by atoms with Crippen LogP contribution in [0.2, 0.25) is 0 Å². The number of rotatable bonds is 6. The molecule has 1 aliphatic rings. The molecule has 0 bridgehead atoms. The largest absolute Gasteiger partial charge is 0.481 e. The molecule has 0 unspecified atom stereocenters. The van der Waals surface area contributed by atoms with Crippen molar-refractivity contribution in [3.8, 4) is 0 Å². The Balaban J connectivity index is 1.70. The first-order valence-corrected chi connectivity index (χ1v) is 9.05. The summed E-state index contributed by atoms with van der Waals surface area (Å²) in [7, 11) is 0. The first kappa shape index (κ1) is 18.9. The summed E-state index contributed by atoms with van der Waals surface area (Å²) in [5.41, 5.74) is 9.34. The number of benzene rings is 2. The van der Waals surface area contributed by atoms with Gasteiger partial charge in [-0.3, -0.25) is 14.6 Å². The van der Waals surface area contributed by atoms with E-state index in [-0.39, 0.29) is 12.5 Å². The van der Waals surface area contributed by atoms with Crippen LogP contribution in [0.3, 0.4) is 0 Å². The topological polar surface area (TPSA) is 86.9 Å².